The number of nitrogens with zero attached hydrogens (tertiary/aromatic N) is 2. The summed E-state index contributed by atoms with van der Waals surface area (Å²) < 4.78 is 0. The maximum atomic E-state index is 4.79. The van der Waals surface area contributed by atoms with Crippen molar-refractivity contribution in [2.45, 2.75) is 58.8 Å². The van der Waals surface area contributed by atoms with Gasteiger partial charge in [0.25, 0.3) is 0 Å². The summed E-state index contributed by atoms with van der Waals surface area (Å²) in [6, 6.07) is 2.16. The second-order valence-electron chi connectivity index (χ2n) is 5.70. The van der Waals surface area contributed by atoms with Gasteiger partial charge in [0.1, 0.15) is 11.6 Å². The molecule has 1 aromatic heterocycles. The highest BCUT2D eigenvalue weighted by molar-refractivity contribution is 5.37. The van der Waals surface area contributed by atoms with E-state index in [2.05, 4.69) is 37.1 Å². The molecule has 1 aliphatic rings. The van der Waals surface area contributed by atoms with Crippen LogP contribution in [-0.4, -0.2) is 16.5 Å². The third-order valence-electron chi connectivity index (χ3n) is 3.51. The normalized spacial score (nSPS) is 16.4. The molecule has 3 heteroatoms. The molecule has 0 amide bonds. The van der Waals surface area contributed by atoms with Crippen LogP contribution < -0.4 is 5.32 Å². The van der Waals surface area contributed by atoms with Gasteiger partial charge >= 0.3 is 0 Å². The predicted octanol–water partition coefficient (Wildman–Crippen LogP) is 3.76. The molecule has 0 bridgehead atoms. The van der Waals surface area contributed by atoms with Crippen LogP contribution in [0.4, 0.5) is 5.82 Å². The van der Waals surface area contributed by atoms with E-state index in [0.29, 0.717) is 11.8 Å². The first-order chi connectivity index (χ1) is 8.69. The molecule has 0 radical (unpaired) electrons. The molecule has 1 saturated carbocycles. The fraction of sp³-hybridized carbons (Fsp3) is 0.733. The van der Waals surface area contributed by atoms with Crippen LogP contribution in [0.15, 0.2) is 6.07 Å². The summed E-state index contributed by atoms with van der Waals surface area (Å²) in [6.45, 7) is 7.47. The molecule has 0 aromatic carbocycles. The van der Waals surface area contributed by atoms with Gasteiger partial charge in [-0.2, -0.15) is 0 Å². The predicted molar refractivity (Wildman–Crippen MR) is 75.9 cm³/mol. The summed E-state index contributed by atoms with van der Waals surface area (Å²) in [7, 11) is 0. The van der Waals surface area contributed by atoms with Gasteiger partial charge in [-0.15, -0.1) is 0 Å². The first kappa shape index (κ1) is 13.3. The molecule has 1 aromatic rings. The first-order valence-corrected chi connectivity index (χ1v) is 7.30. The van der Waals surface area contributed by atoms with E-state index in [0.717, 1.165) is 24.6 Å². The minimum Gasteiger partial charge on any atom is -0.370 e. The van der Waals surface area contributed by atoms with Gasteiger partial charge < -0.3 is 5.32 Å². The molecule has 1 heterocycles. The lowest BCUT2D eigenvalue weighted by atomic mass is 10.0. The van der Waals surface area contributed by atoms with Crippen molar-refractivity contribution in [3.8, 4) is 0 Å². The van der Waals surface area contributed by atoms with Gasteiger partial charge in [0, 0.05) is 30.6 Å². The molecule has 1 fully saturated rings. The maximum Gasteiger partial charge on any atom is 0.131 e. The minimum absolute atomic E-state index is 0.610. The lowest BCUT2D eigenvalue weighted by molar-refractivity contribution is 0.608. The molecule has 3 nitrogen and oxygen atoms in total. The lowest BCUT2D eigenvalue weighted by Crippen LogP contribution is -2.09. The number of hydrogen-bond donors (Lipinski definition) is 1. The van der Waals surface area contributed by atoms with E-state index < -0.39 is 0 Å². The van der Waals surface area contributed by atoms with Crippen molar-refractivity contribution < 1.29 is 0 Å². The Kier molecular flexibility index (Phi) is 4.56. The Morgan fingerprint density at radius 2 is 2.00 bits per heavy atom. The van der Waals surface area contributed by atoms with Gasteiger partial charge in [-0.25, -0.2) is 9.97 Å². The fourth-order valence-corrected chi connectivity index (χ4v) is 2.68. The van der Waals surface area contributed by atoms with Gasteiger partial charge in [0.2, 0.25) is 0 Å². The van der Waals surface area contributed by atoms with E-state index >= 15 is 0 Å². The van der Waals surface area contributed by atoms with Crippen molar-refractivity contribution in [1.82, 2.24) is 9.97 Å². The van der Waals surface area contributed by atoms with Crippen molar-refractivity contribution in [2.24, 2.45) is 5.92 Å². The topological polar surface area (TPSA) is 37.8 Å². The average Bonchev–Trinajstić information content (AvgIpc) is 2.81. The van der Waals surface area contributed by atoms with Crippen LogP contribution in [0.5, 0.6) is 0 Å². The summed E-state index contributed by atoms with van der Waals surface area (Å²) in [5.74, 6) is 3.28. The van der Waals surface area contributed by atoms with Crippen molar-refractivity contribution in [1.29, 1.82) is 0 Å². The smallest absolute Gasteiger partial charge is 0.131 e. The van der Waals surface area contributed by atoms with Gasteiger partial charge in [-0.3, -0.25) is 0 Å². The van der Waals surface area contributed by atoms with E-state index in [9.17, 15) is 0 Å². The van der Waals surface area contributed by atoms with Crippen molar-refractivity contribution >= 4 is 5.82 Å². The molecule has 2 rings (SSSR count). The second kappa shape index (κ2) is 6.17. The van der Waals surface area contributed by atoms with Crippen molar-refractivity contribution in [2.75, 3.05) is 11.9 Å². The molecule has 0 unspecified atom stereocenters. The van der Waals surface area contributed by atoms with Crippen LogP contribution in [0.25, 0.3) is 0 Å². The van der Waals surface area contributed by atoms with Crippen molar-refractivity contribution in [3.63, 3.8) is 0 Å². The highest BCUT2D eigenvalue weighted by atomic mass is 15.0. The summed E-state index contributed by atoms with van der Waals surface area (Å²) >= 11 is 0. The Balaban J connectivity index is 2.23. The lowest BCUT2D eigenvalue weighted by Gasteiger charge is -2.13. The first-order valence-electron chi connectivity index (χ1n) is 7.30. The third-order valence-corrected chi connectivity index (χ3v) is 3.51. The Labute approximate surface area is 110 Å². The molecule has 1 N–H and O–H groups in total. The zero-order valence-corrected chi connectivity index (χ0v) is 11.9. The number of rotatable bonds is 5. The molecule has 1 aliphatic carbocycles. The third kappa shape index (κ3) is 3.44. The van der Waals surface area contributed by atoms with Crippen LogP contribution >= 0.6 is 0 Å². The van der Waals surface area contributed by atoms with E-state index in [1.165, 1.54) is 31.4 Å². The summed E-state index contributed by atoms with van der Waals surface area (Å²) in [4.78, 5) is 9.40. The van der Waals surface area contributed by atoms with Crippen LogP contribution in [-0.2, 0) is 6.42 Å². The number of hydrogen-bond acceptors (Lipinski definition) is 3. The molecular formula is C15H25N3. The van der Waals surface area contributed by atoms with Crippen molar-refractivity contribution in [3.05, 3.63) is 17.6 Å². The van der Waals surface area contributed by atoms with Gasteiger partial charge in [0.05, 0.1) is 0 Å². The van der Waals surface area contributed by atoms with Gasteiger partial charge in [0.15, 0.2) is 0 Å². The minimum atomic E-state index is 0.610. The van der Waals surface area contributed by atoms with Crippen LogP contribution in [0, 0.1) is 5.92 Å². The monoisotopic (exact) mass is 247 g/mol. The molecule has 0 spiro atoms. The van der Waals surface area contributed by atoms with E-state index in [1.54, 1.807) is 0 Å². The van der Waals surface area contributed by atoms with Gasteiger partial charge in [-0.05, 0) is 25.7 Å². The Bertz CT molecular complexity index is 381. The second-order valence-corrected chi connectivity index (χ2v) is 5.70. The SMILES string of the molecule is CCNc1cc(C2CCCC2)nc(CC(C)C)n1. The average molecular weight is 247 g/mol. The molecule has 100 valence electrons. The van der Waals surface area contributed by atoms with Crippen LogP contribution in [0.1, 0.15) is 63.9 Å². The van der Waals surface area contributed by atoms with Crippen LogP contribution in [0.2, 0.25) is 0 Å². The summed E-state index contributed by atoms with van der Waals surface area (Å²) in [5.41, 5.74) is 1.26. The molecule has 0 aliphatic heterocycles. The van der Waals surface area contributed by atoms with Crippen LogP contribution in [0.3, 0.4) is 0 Å². The zero-order chi connectivity index (χ0) is 13.0. The van der Waals surface area contributed by atoms with E-state index in [-0.39, 0.29) is 0 Å². The highest BCUT2D eigenvalue weighted by Crippen LogP contribution is 2.33. The van der Waals surface area contributed by atoms with E-state index in [1.807, 2.05) is 0 Å². The molecule has 0 atom stereocenters. The highest BCUT2D eigenvalue weighted by Gasteiger charge is 2.20. The molecule has 0 saturated heterocycles. The fourth-order valence-electron chi connectivity index (χ4n) is 2.68. The van der Waals surface area contributed by atoms with Gasteiger partial charge in [-0.1, -0.05) is 26.7 Å². The number of nitrogens with one attached hydrogen (secondary N) is 1. The maximum absolute atomic E-state index is 4.79. The Hall–Kier alpha value is -1.12. The number of aromatic nitrogens is 2. The van der Waals surface area contributed by atoms with E-state index in [4.69, 9.17) is 4.98 Å². The molecule has 18 heavy (non-hydrogen) atoms. The summed E-state index contributed by atoms with van der Waals surface area (Å²) in [5, 5.41) is 3.33. The standard InChI is InChI=1S/C15H25N3/c1-4-16-14-10-13(12-7-5-6-8-12)17-15(18-14)9-11(2)3/h10-12H,4-9H2,1-3H3,(H,16,17,18). The summed E-state index contributed by atoms with van der Waals surface area (Å²) in [6.07, 6.45) is 6.27. The number of anilines is 1. The Morgan fingerprint density at radius 3 is 2.61 bits per heavy atom. The molecular weight excluding hydrogens is 222 g/mol. The largest absolute Gasteiger partial charge is 0.370 e. The quantitative estimate of drug-likeness (QED) is 0.860. The Morgan fingerprint density at radius 1 is 1.28 bits per heavy atom. The zero-order valence-electron chi connectivity index (χ0n) is 11.9.